The molecule has 3 rings (SSSR count). The van der Waals surface area contributed by atoms with Gasteiger partial charge in [-0.15, -0.1) is 0 Å². The van der Waals surface area contributed by atoms with Crippen LogP contribution in [0.15, 0.2) is 30.3 Å². The van der Waals surface area contributed by atoms with E-state index in [0.29, 0.717) is 24.7 Å². The second-order valence-corrected chi connectivity index (χ2v) is 9.39. The third-order valence-corrected chi connectivity index (χ3v) is 6.14. The maximum atomic E-state index is 13.0. The predicted molar refractivity (Wildman–Crippen MR) is 127 cm³/mol. The third kappa shape index (κ3) is 5.18. The highest BCUT2D eigenvalue weighted by atomic mass is 16.2. The van der Waals surface area contributed by atoms with Crippen LogP contribution in [0.3, 0.4) is 0 Å². The van der Waals surface area contributed by atoms with Crippen molar-refractivity contribution in [2.24, 2.45) is 5.92 Å². The lowest BCUT2D eigenvalue weighted by Crippen LogP contribution is -2.62. The molecule has 9 nitrogen and oxygen atoms in total. The molecule has 0 spiro atoms. The van der Waals surface area contributed by atoms with Crippen molar-refractivity contribution in [3.63, 3.8) is 0 Å². The Labute approximate surface area is 195 Å². The molecule has 1 aliphatic rings. The van der Waals surface area contributed by atoms with Crippen LogP contribution in [0.2, 0.25) is 0 Å². The molecule has 3 amide bonds. The van der Waals surface area contributed by atoms with Gasteiger partial charge in [-0.05, 0) is 37.0 Å². The molecule has 33 heavy (non-hydrogen) atoms. The first-order valence-corrected chi connectivity index (χ1v) is 11.2. The zero-order chi connectivity index (χ0) is 24.3. The first-order valence-electron chi connectivity index (χ1n) is 11.2. The van der Waals surface area contributed by atoms with Gasteiger partial charge in [0.25, 0.3) is 11.8 Å². The zero-order valence-electron chi connectivity index (χ0n) is 20.3. The molecule has 0 saturated heterocycles. The zero-order valence-corrected chi connectivity index (χ0v) is 20.3. The number of hydrogen-bond acceptors (Lipinski definition) is 5. The highest BCUT2D eigenvalue weighted by Gasteiger charge is 2.46. The van der Waals surface area contributed by atoms with E-state index in [4.69, 9.17) is 0 Å². The standard InChI is InChI=1S/C24H34N6O3/c1-16(2)11-12-25-23(33)24(3)15-30-20(22(32)29(24)6)13-19(27-30)21(31)26-14-17-7-9-18(10-8-17)28(4)5/h7-10,13,16H,11-12,14-15H2,1-6H3,(H,25,33)(H,26,31). The molecule has 1 unspecified atom stereocenters. The number of nitrogens with zero attached hydrogens (tertiary/aromatic N) is 4. The van der Waals surface area contributed by atoms with Crippen molar-refractivity contribution in [3.05, 3.63) is 47.3 Å². The van der Waals surface area contributed by atoms with Crippen molar-refractivity contribution >= 4 is 23.4 Å². The highest BCUT2D eigenvalue weighted by Crippen LogP contribution is 2.26. The number of likely N-dealkylation sites (N-methyl/N-ethyl adjacent to an activating group) is 1. The van der Waals surface area contributed by atoms with Crippen LogP contribution in [-0.4, -0.2) is 65.6 Å². The lowest BCUT2D eigenvalue weighted by atomic mass is 9.95. The maximum absolute atomic E-state index is 13.0. The minimum atomic E-state index is -1.09. The average Bonchev–Trinajstić information content (AvgIpc) is 3.19. The molecule has 0 aliphatic carbocycles. The van der Waals surface area contributed by atoms with E-state index < -0.39 is 5.54 Å². The molecule has 9 heteroatoms. The summed E-state index contributed by atoms with van der Waals surface area (Å²) in [7, 11) is 5.55. The molecule has 178 valence electrons. The van der Waals surface area contributed by atoms with Gasteiger partial charge in [-0.3, -0.25) is 19.1 Å². The van der Waals surface area contributed by atoms with Gasteiger partial charge in [-0.2, -0.15) is 5.10 Å². The number of fused-ring (bicyclic) bond motifs is 1. The Hall–Kier alpha value is -3.36. The molecule has 1 aromatic carbocycles. The minimum absolute atomic E-state index is 0.154. The Kier molecular flexibility index (Phi) is 7.09. The van der Waals surface area contributed by atoms with E-state index in [-0.39, 0.29) is 30.0 Å². The van der Waals surface area contributed by atoms with Crippen molar-refractivity contribution in [1.29, 1.82) is 0 Å². The number of carbonyl (C=O) groups is 3. The van der Waals surface area contributed by atoms with Gasteiger partial charge in [0, 0.05) is 46.0 Å². The molecule has 0 radical (unpaired) electrons. The summed E-state index contributed by atoms with van der Waals surface area (Å²) in [6, 6.07) is 9.36. The summed E-state index contributed by atoms with van der Waals surface area (Å²) in [4.78, 5) is 42.0. The lowest BCUT2D eigenvalue weighted by molar-refractivity contribution is -0.132. The molecular formula is C24H34N6O3. The molecule has 2 heterocycles. The van der Waals surface area contributed by atoms with Crippen molar-refractivity contribution in [2.75, 3.05) is 32.6 Å². The fourth-order valence-electron chi connectivity index (χ4n) is 3.69. The Morgan fingerprint density at radius 1 is 1.18 bits per heavy atom. The molecule has 1 aliphatic heterocycles. The Morgan fingerprint density at radius 2 is 1.85 bits per heavy atom. The summed E-state index contributed by atoms with van der Waals surface area (Å²) in [5.41, 5.74) is 1.39. The molecule has 0 fully saturated rings. The van der Waals surface area contributed by atoms with Crippen LogP contribution in [0.1, 0.15) is 53.7 Å². The number of rotatable bonds is 8. The Bertz CT molecular complexity index is 1030. The van der Waals surface area contributed by atoms with Gasteiger partial charge in [-0.1, -0.05) is 26.0 Å². The molecule has 2 N–H and O–H groups in total. The second-order valence-electron chi connectivity index (χ2n) is 9.39. The number of aromatic nitrogens is 2. The van der Waals surface area contributed by atoms with E-state index in [2.05, 4.69) is 29.6 Å². The van der Waals surface area contributed by atoms with Gasteiger partial charge in [0.15, 0.2) is 5.69 Å². The van der Waals surface area contributed by atoms with Crippen LogP contribution in [0, 0.1) is 5.92 Å². The Balaban J connectivity index is 1.69. The second kappa shape index (κ2) is 9.64. The molecule has 1 atom stereocenters. The smallest absolute Gasteiger partial charge is 0.272 e. The van der Waals surface area contributed by atoms with Crippen molar-refractivity contribution in [1.82, 2.24) is 25.3 Å². The number of nitrogens with one attached hydrogen (secondary N) is 2. The number of anilines is 1. The van der Waals surface area contributed by atoms with Crippen LogP contribution in [0.25, 0.3) is 0 Å². The van der Waals surface area contributed by atoms with Gasteiger partial charge in [0.05, 0.1) is 6.54 Å². The van der Waals surface area contributed by atoms with Crippen molar-refractivity contribution in [3.8, 4) is 0 Å². The normalized spacial score (nSPS) is 17.7. The van der Waals surface area contributed by atoms with Gasteiger partial charge in [-0.25, -0.2) is 0 Å². The largest absolute Gasteiger partial charge is 0.378 e. The van der Waals surface area contributed by atoms with Crippen LogP contribution in [0.4, 0.5) is 5.69 Å². The molecule has 0 bridgehead atoms. The fraction of sp³-hybridized carbons (Fsp3) is 0.500. The fourth-order valence-corrected chi connectivity index (χ4v) is 3.69. The molecule has 2 aromatic rings. The Morgan fingerprint density at radius 3 is 2.45 bits per heavy atom. The minimum Gasteiger partial charge on any atom is -0.378 e. The van der Waals surface area contributed by atoms with Gasteiger partial charge in [0.1, 0.15) is 11.2 Å². The van der Waals surface area contributed by atoms with Crippen LogP contribution in [-0.2, 0) is 17.9 Å². The first-order chi connectivity index (χ1) is 15.5. The van der Waals surface area contributed by atoms with E-state index in [9.17, 15) is 14.4 Å². The van der Waals surface area contributed by atoms with E-state index in [1.807, 2.05) is 43.3 Å². The molecule has 0 saturated carbocycles. The van der Waals surface area contributed by atoms with Gasteiger partial charge < -0.3 is 20.4 Å². The van der Waals surface area contributed by atoms with E-state index in [1.165, 1.54) is 15.6 Å². The van der Waals surface area contributed by atoms with Gasteiger partial charge >= 0.3 is 0 Å². The quantitative estimate of drug-likeness (QED) is 0.635. The topological polar surface area (TPSA) is 99.6 Å². The van der Waals surface area contributed by atoms with E-state index in [1.54, 1.807) is 14.0 Å². The van der Waals surface area contributed by atoms with E-state index >= 15 is 0 Å². The number of benzene rings is 1. The SMILES string of the molecule is CC(C)CCNC(=O)C1(C)Cn2nc(C(=O)NCc3ccc(N(C)C)cc3)cc2C(=O)N1C. The van der Waals surface area contributed by atoms with Crippen molar-refractivity contribution in [2.45, 2.75) is 45.8 Å². The summed E-state index contributed by atoms with van der Waals surface area (Å²) in [6.45, 7) is 6.97. The average molecular weight is 455 g/mol. The predicted octanol–water partition coefficient (Wildman–Crippen LogP) is 1.89. The van der Waals surface area contributed by atoms with Gasteiger partial charge in [0.2, 0.25) is 5.91 Å². The highest BCUT2D eigenvalue weighted by molar-refractivity contribution is 6.01. The summed E-state index contributed by atoms with van der Waals surface area (Å²) in [6.07, 6.45) is 0.856. The van der Waals surface area contributed by atoms with Crippen LogP contribution in [0.5, 0.6) is 0 Å². The van der Waals surface area contributed by atoms with Crippen molar-refractivity contribution < 1.29 is 14.4 Å². The third-order valence-electron chi connectivity index (χ3n) is 6.14. The van der Waals surface area contributed by atoms with E-state index in [0.717, 1.165) is 17.7 Å². The number of hydrogen-bond donors (Lipinski definition) is 2. The monoisotopic (exact) mass is 454 g/mol. The maximum Gasteiger partial charge on any atom is 0.272 e. The summed E-state index contributed by atoms with van der Waals surface area (Å²) in [5.74, 6) is -0.471. The molecular weight excluding hydrogens is 420 g/mol. The number of amides is 3. The summed E-state index contributed by atoms with van der Waals surface area (Å²) in [5, 5.41) is 10.1. The lowest BCUT2D eigenvalue weighted by Gasteiger charge is -2.40. The molecule has 1 aromatic heterocycles. The van der Waals surface area contributed by atoms with Crippen LogP contribution >= 0.6 is 0 Å². The summed E-state index contributed by atoms with van der Waals surface area (Å²) >= 11 is 0. The summed E-state index contributed by atoms with van der Waals surface area (Å²) < 4.78 is 1.46. The number of carbonyl (C=O) groups excluding carboxylic acids is 3. The first kappa shape index (κ1) is 24.3. The van der Waals surface area contributed by atoms with Crippen LogP contribution < -0.4 is 15.5 Å².